The number of nitrogens with zero attached hydrogens (tertiary/aromatic N) is 1. The van der Waals surface area contributed by atoms with Crippen molar-refractivity contribution in [1.29, 1.82) is 0 Å². The second-order valence-electron chi connectivity index (χ2n) is 7.99. The number of benzene rings is 1. The highest BCUT2D eigenvalue weighted by Gasteiger charge is 2.48. The largest absolute Gasteiger partial charge is 0.466 e. The monoisotopic (exact) mass is 375 g/mol. The fourth-order valence-corrected chi connectivity index (χ4v) is 3.47. The van der Waals surface area contributed by atoms with Crippen LogP contribution in [0.15, 0.2) is 30.3 Å². The van der Waals surface area contributed by atoms with Crippen LogP contribution in [0.3, 0.4) is 0 Å². The Labute approximate surface area is 160 Å². The van der Waals surface area contributed by atoms with E-state index in [0.717, 1.165) is 11.8 Å². The Morgan fingerprint density at radius 2 is 1.93 bits per heavy atom. The first-order valence-corrected chi connectivity index (χ1v) is 9.37. The molecule has 0 spiro atoms. The average molecular weight is 375 g/mol. The maximum absolute atomic E-state index is 12.8. The molecule has 2 rings (SSSR count). The molecule has 1 fully saturated rings. The summed E-state index contributed by atoms with van der Waals surface area (Å²) in [4.78, 5) is 38.5. The van der Waals surface area contributed by atoms with Gasteiger partial charge in [0.15, 0.2) is 0 Å². The second kappa shape index (κ2) is 8.55. The van der Waals surface area contributed by atoms with Crippen LogP contribution in [0.4, 0.5) is 4.79 Å². The summed E-state index contributed by atoms with van der Waals surface area (Å²) in [5.41, 5.74) is -0.480. The van der Waals surface area contributed by atoms with Gasteiger partial charge in [-0.2, -0.15) is 0 Å². The van der Waals surface area contributed by atoms with Gasteiger partial charge in [-0.15, -0.1) is 0 Å². The summed E-state index contributed by atoms with van der Waals surface area (Å²) >= 11 is 0. The Kier molecular flexibility index (Phi) is 6.63. The molecule has 1 heterocycles. The van der Waals surface area contributed by atoms with E-state index in [9.17, 15) is 14.4 Å². The van der Waals surface area contributed by atoms with Crippen molar-refractivity contribution < 1.29 is 23.9 Å². The Morgan fingerprint density at radius 3 is 2.48 bits per heavy atom. The minimum absolute atomic E-state index is 0.226. The Balaban J connectivity index is 2.25. The van der Waals surface area contributed by atoms with E-state index in [4.69, 9.17) is 9.47 Å². The number of piperidine rings is 1. The van der Waals surface area contributed by atoms with Crippen LogP contribution in [0.2, 0.25) is 0 Å². The zero-order chi connectivity index (χ0) is 20.1. The highest BCUT2D eigenvalue weighted by Crippen LogP contribution is 2.39. The maximum Gasteiger partial charge on any atom is 0.410 e. The molecular formula is C21H29NO5. The molecule has 0 N–H and O–H groups in total. The Morgan fingerprint density at radius 1 is 1.26 bits per heavy atom. The highest BCUT2D eigenvalue weighted by atomic mass is 16.6. The molecule has 6 nitrogen and oxygen atoms in total. The van der Waals surface area contributed by atoms with Crippen LogP contribution in [-0.2, 0) is 25.5 Å². The van der Waals surface area contributed by atoms with E-state index in [1.54, 1.807) is 27.7 Å². The molecule has 1 aliphatic rings. The second-order valence-corrected chi connectivity index (χ2v) is 7.99. The standard InChI is InChI=1S/C21H29NO5/c1-5-26-18(24)21(13-16-9-7-6-8-10-16)11-12-22(17(14-21)15-23)19(25)27-20(2,3)4/h6-10,15,17H,5,11-14H2,1-4H3. The topological polar surface area (TPSA) is 72.9 Å². The molecule has 2 atom stereocenters. The number of carbonyl (C=O) groups excluding carboxylic acids is 3. The molecular weight excluding hydrogens is 346 g/mol. The lowest BCUT2D eigenvalue weighted by Crippen LogP contribution is -2.55. The summed E-state index contributed by atoms with van der Waals surface area (Å²) in [6.45, 7) is 7.65. The van der Waals surface area contributed by atoms with Crippen molar-refractivity contribution in [2.24, 2.45) is 5.41 Å². The maximum atomic E-state index is 12.8. The summed E-state index contributed by atoms with van der Waals surface area (Å²) in [5.74, 6) is -0.315. The quantitative estimate of drug-likeness (QED) is 0.583. The van der Waals surface area contributed by atoms with Crippen molar-refractivity contribution >= 4 is 18.3 Å². The van der Waals surface area contributed by atoms with Gasteiger partial charge in [-0.25, -0.2) is 4.79 Å². The van der Waals surface area contributed by atoms with E-state index in [1.807, 2.05) is 30.3 Å². The number of ether oxygens (including phenoxy) is 2. The first kappa shape index (κ1) is 20.9. The van der Waals surface area contributed by atoms with Gasteiger partial charge in [-0.1, -0.05) is 30.3 Å². The predicted molar refractivity (Wildman–Crippen MR) is 101 cm³/mol. The summed E-state index contributed by atoms with van der Waals surface area (Å²) in [7, 11) is 0. The molecule has 1 aromatic carbocycles. The van der Waals surface area contributed by atoms with Gasteiger partial charge >= 0.3 is 12.1 Å². The summed E-state index contributed by atoms with van der Waals surface area (Å²) in [5, 5.41) is 0. The predicted octanol–water partition coefficient (Wildman–Crippen LogP) is 3.38. The van der Waals surface area contributed by atoms with Gasteiger partial charge in [0.25, 0.3) is 0 Å². The van der Waals surface area contributed by atoms with Gasteiger partial charge in [-0.3, -0.25) is 9.69 Å². The lowest BCUT2D eigenvalue weighted by Gasteiger charge is -2.43. The van der Waals surface area contributed by atoms with Crippen molar-refractivity contribution in [3.05, 3.63) is 35.9 Å². The number of carbonyl (C=O) groups is 3. The van der Waals surface area contributed by atoms with Crippen molar-refractivity contribution in [3.8, 4) is 0 Å². The number of aldehydes is 1. The van der Waals surface area contributed by atoms with Gasteiger partial charge in [0.2, 0.25) is 0 Å². The third-order valence-electron chi connectivity index (χ3n) is 4.71. The van der Waals surface area contributed by atoms with Crippen LogP contribution < -0.4 is 0 Å². The average Bonchev–Trinajstić information content (AvgIpc) is 2.61. The number of hydrogen-bond acceptors (Lipinski definition) is 5. The first-order chi connectivity index (χ1) is 12.7. The minimum Gasteiger partial charge on any atom is -0.466 e. The zero-order valence-corrected chi connectivity index (χ0v) is 16.6. The lowest BCUT2D eigenvalue weighted by atomic mass is 9.71. The first-order valence-electron chi connectivity index (χ1n) is 9.37. The molecule has 0 saturated carbocycles. The number of hydrogen-bond donors (Lipinski definition) is 0. The third kappa shape index (κ3) is 5.31. The van der Waals surface area contributed by atoms with Crippen LogP contribution in [0.5, 0.6) is 0 Å². The molecule has 0 bridgehead atoms. The summed E-state index contributed by atoms with van der Waals surface area (Å²) in [6, 6.07) is 8.94. The molecule has 2 unspecified atom stereocenters. The Hall–Kier alpha value is -2.37. The van der Waals surface area contributed by atoms with Crippen molar-refractivity contribution in [3.63, 3.8) is 0 Å². The smallest absolute Gasteiger partial charge is 0.410 e. The van der Waals surface area contributed by atoms with Gasteiger partial charge < -0.3 is 14.3 Å². The fourth-order valence-electron chi connectivity index (χ4n) is 3.47. The van der Waals surface area contributed by atoms with Gasteiger partial charge in [0, 0.05) is 6.54 Å². The van der Waals surface area contributed by atoms with Gasteiger partial charge in [0.05, 0.1) is 18.1 Å². The van der Waals surface area contributed by atoms with E-state index < -0.39 is 23.2 Å². The molecule has 1 aliphatic heterocycles. The van der Waals surface area contributed by atoms with E-state index >= 15 is 0 Å². The molecule has 1 saturated heterocycles. The SMILES string of the molecule is CCOC(=O)C1(Cc2ccccc2)CCN(C(=O)OC(C)(C)C)C(C=O)C1. The Bertz CT molecular complexity index is 667. The normalized spacial score (nSPS) is 22.8. The molecule has 0 radical (unpaired) electrons. The van der Waals surface area contributed by atoms with E-state index in [-0.39, 0.29) is 25.5 Å². The van der Waals surface area contributed by atoms with E-state index in [1.165, 1.54) is 4.90 Å². The number of esters is 1. The van der Waals surface area contributed by atoms with Crippen LogP contribution in [0, 0.1) is 5.41 Å². The number of rotatable bonds is 5. The third-order valence-corrected chi connectivity index (χ3v) is 4.71. The molecule has 0 aromatic heterocycles. The van der Waals surface area contributed by atoms with Crippen LogP contribution in [0.1, 0.15) is 46.1 Å². The number of likely N-dealkylation sites (tertiary alicyclic amines) is 1. The summed E-state index contributed by atoms with van der Waals surface area (Å²) in [6.07, 6.45) is 1.31. The van der Waals surface area contributed by atoms with Crippen molar-refractivity contribution in [2.45, 2.75) is 58.6 Å². The molecule has 148 valence electrons. The van der Waals surface area contributed by atoms with E-state index in [0.29, 0.717) is 12.8 Å². The highest BCUT2D eigenvalue weighted by molar-refractivity contribution is 5.80. The van der Waals surface area contributed by atoms with E-state index in [2.05, 4.69) is 0 Å². The van der Waals surface area contributed by atoms with Crippen LogP contribution in [-0.4, -0.2) is 48.0 Å². The van der Waals surface area contributed by atoms with Crippen molar-refractivity contribution in [1.82, 2.24) is 4.90 Å². The molecule has 27 heavy (non-hydrogen) atoms. The summed E-state index contributed by atoms with van der Waals surface area (Å²) < 4.78 is 10.8. The van der Waals surface area contributed by atoms with Gasteiger partial charge in [0.1, 0.15) is 11.9 Å². The fraction of sp³-hybridized carbons (Fsp3) is 0.571. The van der Waals surface area contributed by atoms with Crippen molar-refractivity contribution in [2.75, 3.05) is 13.2 Å². The van der Waals surface area contributed by atoms with Gasteiger partial charge in [-0.05, 0) is 52.5 Å². The molecule has 1 aromatic rings. The number of amides is 1. The van der Waals surface area contributed by atoms with Crippen LogP contribution in [0.25, 0.3) is 0 Å². The lowest BCUT2D eigenvalue weighted by molar-refractivity contribution is -0.160. The molecule has 1 amide bonds. The zero-order valence-electron chi connectivity index (χ0n) is 16.6. The molecule has 6 heteroatoms. The van der Waals surface area contributed by atoms with Crippen LogP contribution >= 0.6 is 0 Å². The minimum atomic E-state index is -0.832. The molecule has 0 aliphatic carbocycles.